The van der Waals surface area contributed by atoms with E-state index in [-0.39, 0.29) is 0 Å². The zero-order chi connectivity index (χ0) is 13.9. The topological polar surface area (TPSA) is 66.6 Å². The van der Waals surface area contributed by atoms with E-state index in [1.807, 2.05) is 13.0 Å². The molecule has 2 heterocycles. The van der Waals surface area contributed by atoms with E-state index in [4.69, 9.17) is 4.52 Å². The fourth-order valence-corrected chi connectivity index (χ4v) is 2.91. The van der Waals surface area contributed by atoms with Gasteiger partial charge in [0.05, 0.1) is 11.1 Å². The van der Waals surface area contributed by atoms with Gasteiger partial charge in [-0.1, -0.05) is 18.5 Å². The summed E-state index contributed by atoms with van der Waals surface area (Å²) in [4.78, 5) is 13.7. The number of aryl methyl sites for hydroxylation is 1. The van der Waals surface area contributed by atoms with Crippen molar-refractivity contribution >= 4 is 5.97 Å². The van der Waals surface area contributed by atoms with Gasteiger partial charge in [-0.2, -0.15) is 0 Å². The molecular weight excluding hydrogens is 244 g/mol. The molecule has 5 heteroatoms. The lowest BCUT2D eigenvalue weighted by Crippen LogP contribution is -2.44. The van der Waals surface area contributed by atoms with Crippen LogP contribution >= 0.6 is 0 Å². The average molecular weight is 266 g/mol. The smallest absolute Gasteiger partial charge is 0.309 e. The Morgan fingerprint density at radius 3 is 2.68 bits per heavy atom. The number of hydrogen-bond acceptors (Lipinski definition) is 4. The lowest BCUT2D eigenvalue weighted by Gasteiger charge is -2.38. The molecule has 0 atom stereocenters. The second kappa shape index (κ2) is 5.74. The quantitative estimate of drug-likeness (QED) is 0.886. The number of carbonyl (C=O) groups is 1. The predicted octanol–water partition coefficient (Wildman–Crippen LogP) is 2.45. The number of likely N-dealkylation sites (tertiary alicyclic amines) is 1. The fourth-order valence-electron chi connectivity index (χ4n) is 2.91. The number of hydrogen-bond donors (Lipinski definition) is 1. The van der Waals surface area contributed by atoms with E-state index in [1.54, 1.807) is 0 Å². The summed E-state index contributed by atoms with van der Waals surface area (Å²) in [6.45, 7) is 6.31. The Labute approximate surface area is 113 Å². The third-order valence-corrected chi connectivity index (χ3v) is 4.06. The molecule has 1 aromatic heterocycles. The monoisotopic (exact) mass is 266 g/mol. The molecule has 1 N–H and O–H groups in total. The van der Waals surface area contributed by atoms with Gasteiger partial charge in [0.25, 0.3) is 0 Å². The molecular formula is C14H22N2O3. The van der Waals surface area contributed by atoms with Crippen LogP contribution in [-0.4, -0.2) is 34.2 Å². The molecule has 1 aromatic rings. The number of nitrogens with zero attached hydrogens (tertiary/aromatic N) is 2. The number of aromatic nitrogens is 1. The largest absolute Gasteiger partial charge is 0.481 e. The Hall–Kier alpha value is -1.36. The molecule has 0 unspecified atom stereocenters. The van der Waals surface area contributed by atoms with Gasteiger partial charge in [0.15, 0.2) is 0 Å². The maximum Gasteiger partial charge on any atom is 0.309 e. The summed E-state index contributed by atoms with van der Waals surface area (Å²) in [5, 5.41) is 13.4. The molecule has 0 saturated carbocycles. The zero-order valence-electron chi connectivity index (χ0n) is 11.7. The van der Waals surface area contributed by atoms with Crippen LogP contribution in [0.1, 0.15) is 44.1 Å². The third kappa shape index (κ3) is 3.15. The van der Waals surface area contributed by atoms with Crippen molar-refractivity contribution in [1.82, 2.24) is 10.1 Å². The Morgan fingerprint density at radius 2 is 2.21 bits per heavy atom. The fraction of sp³-hybridized carbons (Fsp3) is 0.714. The molecule has 0 aromatic carbocycles. The van der Waals surface area contributed by atoms with E-state index >= 15 is 0 Å². The van der Waals surface area contributed by atoms with Crippen LogP contribution in [0, 0.1) is 12.3 Å². The number of aliphatic carboxylic acids is 1. The number of carboxylic acid groups (broad SMARTS) is 1. The standard InChI is InChI=1S/C14H22N2O3/c1-3-4-14(13(17)18)5-7-16(8-6-14)10-12-9-11(2)19-15-12/h9H,3-8,10H2,1-2H3,(H,17,18). The van der Waals surface area contributed by atoms with Gasteiger partial charge in [0.2, 0.25) is 0 Å². The second-order valence-corrected chi connectivity index (χ2v) is 5.54. The van der Waals surface area contributed by atoms with Crippen LogP contribution in [0.5, 0.6) is 0 Å². The summed E-state index contributed by atoms with van der Waals surface area (Å²) in [5.41, 5.74) is 0.418. The first kappa shape index (κ1) is 14.1. The van der Waals surface area contributed by atoms with Gasteiger partial charge in [-0.3, -0.25) is 9.69 Å². The van der Waals surface area contributed by atoms with Gasteiger partial charge in [0, 0.05) is 12.6 Å². The molecule has 19 heavy (non-hydrogen) atoms. The summed E-state index contributed by atoms with van der Waals surface area (Å²) < 4.78 is 5.05. The van der Waals surface area contributed by atoms with Crippen LogP contribution in [-0.2, 0) is 11.3 Å². The Kier molecular flexibility index (Phi) is 4.24. The maximum atomic E-state index is 11.5. The molecule has 2 rings (SSSR count). The van der Waals surface area contributed by atoms with Crippen LogP contribution in [0.3, 0.4) is 0 Å². The number of piperidine rings is 1. The molecule has 106 valence electrons. The highest BCUT2D eigenvalue weighted by atomic mass is 16.5. The summed E-state index contributed by atoms with van der Waals surface area (Å²) in [5.74, 6) is 0.184. The lowest BCUT2D eigenvalue weighted by molar-refractivity contribution is -0.152. The van der Waals surface area contributed by atoms with Crippen molar-refractivity contribution in [3.8, 4) is 0 Å². The van der Waals surface area contributed by atoms with Crippen LogP contribution in [0.2, 0.25) is 0 Å². The number of rotatable bonds is 5. The van der Waals surface area contributed by atoms with E-state index < -0.39 is 11.4 Å². The van der Waals surface area contributed by atoms with E-state index in [0.717, 1.165) is 56.8 Å². The highest BCUT2D eigenvalue weighted by Crippen LogP contribution is 2.36. The Morgan fingerprint density at radius 1 is 1.53 bits per heavy atom. The molecule has 1 saturated heterocycles. The van der Waals surface area contributed by atoms with Crippen molar-refractivity contribution in [3.05, 3.63) is 17.5 Å². The van der Waals surface area contributed by atoms with Gasteiger partial charge < -0.3 is 9.63 Å². The first-order valence-electron chi connectivity index (χ1n) is 6.94. The van der Waals surface area contributed by atoms with Crippen LogP contribution in [0.4, 0.5) is 0 Å². The van der Waals surface area contributed by atoms with Crippen molar-refractivity contribution in [1.29, 1.82) is 0 Å². The molecule has 0 bridgehead atoms. The molecule has 0 amide bonds. The highest BCUT2D eigenvalue weighted by molar-refractivity contribution is 5.74. The number of carboxylic acids is 1. The van der Waals surface area contributed by atoms with E-state index in [1.165, 1.54) is 0 Å². The van der Waals surface area contributed by atoms with Crippen molar-refractivity contribution < 1.29 is 14.4 Å². The van der Waals surface area contributed by atoms with Crippen molar-refractivity contribution in [2.45, 2.75) is 46.1 Å². The molecule has 0 aliphatic carbocycles. The summed E-state index contributed by atoms with van der Waals surface area (Å²) >= 11 is 0. The normalized spacial score (nSPS) is 19.5. The van der Waals surface area contributed by atoms with E-state index in [9.17, 15) is 9.90 Å². The highest BCUT2D eigenvalue weighted by Gasteiger charge is 2.40. The summed E-state index contributed by atoms with van der Waals surface area (Å²) in [6.07, 6.45) is 3.16. The third-order valence-electron chi connectivity index (χ3n) is 4.06. The average Bonchev–Trinajstić information content (AvgIpc) is 2.77. The van der Waals surface area contributed by atoms with Crippen LogP contribution < -0.4 is 0 Å². The van der Waals surface area contributed by atoms with E-state index in [2.05, 4.69) is 17.0 Å². The van der Waals surface area contributed by atoms with Crippen molar-refractivity contribution in [3.63, 3.8) is 0 Å². The molecule has 0 spiro atoms. The maximum absolute atomic E-state index is 11.5. The predicted molar refractivity (Wildman–Crippen MR) is 70.7 cm³/mol. The minimum absolute atomic E-state index is 0.509. The van der Waals surface area contributed by atoms with Gasteiger partial charge in [-0.15, -0.1) is 0 Å². The Balaban J connectivity index is 1.92. The van der Waals surface area contributed by atoms with Gasteiger partial charge >= 0.3 is 5.97 Å². The first-order chi connectivity index (χ1) is 9.05. The minimum Gasteiger partial charge on any atom is -0.481 e. The Bertz CT molecular complexity index is 434. The van der Waals surface area contributed by atoms with Gasteiger partial charge in [-0.05, 0) is 39.3 Å². The van der Waals surface area contributed by atoms with Crippen LogP contribution in [0.25, 0.3) is 0 Å². The SMILES string of the molecule is CCCC1(C(=O)O)CCN(Cc2cc(C)on2)CC1. The molecule has 0 radical (unpaired) electrons. The first-order valence-corrected chi connectivity index (χ1v) is 6.94. The summed E-state index contributed by atoms with van der Waals surface area (Å²) in [6, 6.07) is 1.94. The molecule has 5 nitrogen and oxygen atoms in total. The molecule has 1 aliphatic heterocycles. The van der Waals surface area contributed by atoms with Crippen LogP contribution in [0.15, 0.2) is 10.6 Å². The van der Waals surface area contributed by atoms with E-state index in [0.29, 0.717) is 0 Å². The second-order valence-electron chi connectivity index (χ2n) is 5.54. The van der Waals surface area contributed by atoms with Crippen molar-refractivity contribution in [2.24, 2.45) is 5.41 Å². The lowest BCUT2D eigenvalue weighted by atomic mass is 9.75. The van der Waals surface area contributed by atoms with Gasteiger partial charge in [0.1, 0.15) is 5.76 Å². The van der Waals surface area contributed by atoms with Crippen molar-refractivity contribution in [2.75, 3.05) is 13.1 Å². The molecule has 1 aliphatic rings. The zero-order valence-corrected chi connectivity index (χ0v) is 11.7. The minimum atomic E-state index is -0.633. The van der Waals surface area contributed by atoms with Gasteiger partial charge in [-0.25, -0.2) is 0 Å². The molecule has 1 fully saturated rings. The summed E-state index contributed by atoms with van der Waals surface area (Å²) in [7, 11) is 0.